The molecule has 92 valence electrons. The maximum atomic E-state index is 11.8. The van der Waals surface area contributed by atoms with E-state index in [1.807, 2.05) is 44.2 Å². The number of hydrogen-bond donors (Lipinski definition) is 2. The third kappa shape index (κ3) is 2.97. The minimum absolute atomic E-state index is 0.0302. The molecule has 0 aliphatic carbocycles. The van der Waals surface area contributed by atoms with Gasteiger partial charge in [-0.3, -0.25) is 0 Å². The van der Waals surface area contributed by atoms with Crippen LogP contribution in [0.3, 0.4) is 0 Å². The van der Waals surface area contributed by atoms with Crippen LogP contribution in [0.4, 0.5) is 4.79 Å². The molecule has 0 bridgehead atoms. The van der Waals surface area contributed by atoms with Crippen LogP contribution in [-0.2, 0) is 0 Å². The molecule has 1 heterocycles. The van der Waals surface area contributed by atoms with Crippen LogP contribution in [0.5, 0.6) is 0 Å². The van der Waals surface area contributed by atoms with Gasteiger partial charge in [-0.1, -0.05) is 30.3 Å². The van der Waals surface area contributed by atoms with Gasteiger partial charge in [-0.25, -0.2) is 4.79 Å². The Balaban J connectivity index is 2.05. The average Bonchev–Trinajstić information content (AvgIpc) is 2.59. The largest absolute Gasteiger partial charge is 0.329 e. The molecule has 1 atom stereocenters. The van der Waals surface area contributed by atoms with Crippen molar-refractivity contribution < 1.29 is 4.79 Å². The lowest BCUT2D eigenvalue weighted by molar-refractivity contribution is 0.207. The van der Waals surface area contributed by atoms with Gasteiger partial charge in [-0.05, 0) is 19.4 Å². The zero-order valence-electron chi connectivity index (χ0n) is 10.3. The fourth-order valence-corrected chi connectivity index (χ4v) is 2.09. The van der Waals surface area contributed by atoms with Crippen molar-refractivity contribution in [1.29, 1.82) is 0 Å². The van der Waals surface area contributed by atoms with Gasteiger partial charge in [-0.15, -0.1) is 0 Å². The second-order valence-electron chi connectivity index (χ2n) is 5.28. The van der Waals surface area contributed by atoms with Gasteiger partial charge in [0, 0.05) is 18.6 Å². The maximum Gasteiger partial charge on any atom is 0.318 e. The van der Waals surface area contributed by atoms with Gasteiger partial charge < -0.3 is 16.0 Å². The predicted molar refractivity (Wildman–Crippen MR) is 67.6 cm³/mol. The van der Waals surface area contributed by atoms with Crippen LogP contribution in [0, 0.1) is 0 Å². The second-order valence-corrected chi connectivity index (χ2v) is 5.28. The summed E-state index contributed by atoms with van der Waals surface area (Å²) in [6.07, 6.45) is 0. The highest BCUT2D eigenvalue weighted by Gasteiger charge is 2.31. The van der Waals surface area contributed by atoms with E-state index in [2.05, 4.69) is 5.32 Å². The third-order valence-electron chi connectivity index (χ3n) is 2.79. The van der Waals surface area contributed by atoms with Crippen molar-refractivity contribution in [3.05, 3.63) is 35.9 Å². The molecule has 2 rings (SSSR count). The van der Waals surface area contributed by atoms with Crippen molar-refractivity contribution >= 4 is 6.03 Å². The predicted octanol–water partition coefficient (Wildman–Crippen LogP) is 1.49. The minimum atomic E-state index is -0.358. The number of amides is 2. The molecule has 0 aromatic heterocycles. The molecule has 1 aliphatic rings. The molecule has 1 unspecified atom stereocenters. The second kappa shape index (κ2) is 4.37. The van der Waals surface area contributed by atoms with Gasteiger partial charge in [0.15, 0.2) is 0 Å². The minimum Gasteiger partial charge on any atom is -0.329 e. The van der Waals surface area contributed by atoms with Gasteiger partial charge >= 0.3 is 6.03 Å². The summed E-state index contributed by atoms with van der Waals surface area (Å²) in [5, 5.41) is 2.97. The summed E-state index contributed by atoms with van der Waals surface area (Å²) in [5.74, 6) is 0. The number of rotatable bonds is 3. The molecule has 0 saturated carbocycles. The van der Waals surface area contributed by atoms with Gasteiger partial charge in [0.25, 0.3) is 0 Å². The van der Waals surface area contributed by atoms with Crippen LogP contribution in [0.2, 0.25) is 0 Å². The van der Waals surface area contributed by atoms with Crippen molar-refractivity contribution in [1.82, 2.24) is 10.2 Å². The first-order chi connectivity index (χ1) is 7.96. The SMILES string of the molecule is CC(C)(N)CN1CC(c2ccccc2)NC1=O. The van der Waals surface area contributed by atoms with Crippen LogP contribution < -0.4 is 11.1 Å². The summed E-state index contributed by atoms with van der Waals surface area (Å²) in [4.78, 5) is 13.6. The summed E-state index contributed by atoms with van der Waals surface area (Å²) < 4.78 is 0. The van der Waals surface area contributed by atoms with Crippen molar-refractivity contribution in [3.63, 3.8) is 0 Å². The lowest BCUT2D eigenvalue weighted by atomic mass is 10.1. The third-order valence-corrected chi connectivity index (χ3v) is 2.79. The molecular weight excluding hydrogens is 214 g/mol. The molecule has 1 saturated heterocycles. The number of benzene rings is 1. The van der Waals surface area contributed by atoms with Crippen LogP contribution >= 0.6 is 0 Å². The van der Waals surface area contributed by atoms with Gasteiger partial charge in [0.2, 0.25) is 0 Å². The fraction of sp³-hybridized carbons (Fsp3) is 0.462. The number of urea groups is 1. The summed E-state index contributed by atoms with van der Waals surface area (Å²) in [6, 6.07) is 10.0. The Morgan fingerprint density at radius 3 is 2.65 bits per heavy atom. The van der Waals surface area contributed by atoms with Gasteiger partial charge in [0.05, 0.1) is 6.04 Å². The van der Waals surface area contributed by atoms with E-state index in [-0.39, 0.29) is 17.6 Å². The van der Waals surface area contributed by atoms with E-state index >= 15 is 0 Å². The molecule has 4 nitrogen and oxygen atoms in total. The summed E-state index contributed by atoms with van der Waals surface area (Å²) >= 11 is 0. The molecule has 2 amide bonds. The highest BCUT2D eigenvalue weighted by atomic mass is 16.2. The lowest BCUT2D eigenvalue weighted by Crippen LogP contribution is -2.46. The molecule has 1 aliphatic heterocycles. The molecule has 3 N–H and O–H groups in total. The maximum absolute atomic E-state index is 11.8. The summed E-state index contributed by atoms with van der Waals surface area (Å²) in [7, 11) is 0. The zero-order valence-corrected chi connectivity index (χ0v) is 10.3. The Morgan fingerprint density at radius 2 is 2.06 bits per heavy atom. The van der Waals surface area contributed by atoms with E-state index in [0.29, 0.717) is 13.1 Å². The van der Waals surface area contributed by atoms with E-state index < -0.39 is 0 Å². The van der Waals surface area contributed by atoms with Crippen molar-refractivity contribution in [2.24, 2.45) is 5.73 Å². The smallest absolute Gasteiger partial charge is 0.318 e. The fourth-order valence-electron chi connectivity index (χ4n) is 2.09. The lowest BCUT2D eigenvalue weighted by Gasteiger charge is -2.25. The highest BCUT2D eigenvalue weighted by molar-refractivity contribution is 5.77. The van der Waals surface area contributed by atoms with E-state index in [4.69, 9.17) is 5.73 Å². The molecule has 4 heteroatoms. The monoisotopic (exact) mass is 233 g/mol. The molecular formula is C13H19N3O. The quantitative estimate of drug-likeness (QED) is 0.831. The first-order valence-corrected chi connectivity index (χ1v) is 5.85. The highest BCUT2D eigenvalue weighted by Crippen LogP contribution is 2.20. The number of carbonyl (C=O) groups is 1. The number of carbonyl (C=O) groups excluding carboxylic acids is 1. The van der Waals surface area contributed by atoms with E-state index in [1.165, 1.54) is 0 Å². The number of hydrogen-bond acceptors (Lipinski definition) is 2. The topological polar surface area (TPSA) is 58.4 Å². The van der Waals surface area contributed by atoms with Crippen molar-refractivity contribution in [2.75, 3.05) is 13.1 Å². The van der Waals surface area contributed by atoms with Crippen molar-refractivity contribution in [2.45, 2.75) is 25.4 Å². The molecule has 17 heavy (non-hydrogen) atoms. The Labute approximate surface area is 102 Å². The molecule has 0 spiro atoms. The molecule has 1 aromatic carbocycles. The number of nitrogens with one attached hydrogen (secondary N) is 1. The zero-order chi connectivity index (χ0) is 12.5. The number of nitrogens with two attached hydrogens (primary N) is 1. The normalized spacial score (nSPS) is 20.5. The van der Waals surface area contributed by atoms with Crippen molar-refractivity contribution in [3.8, 4) is 0 Å². The van der Waals surface area contributed by atoms with Crippen LogP contribution in [0.15, 0.2) is 30.3 Å². The van der Waals surface area contributed by atoms with Crippen LogP contribution in [-0.4, -0.2) is 29.6 Å². The Bertz CT molecular complexity index is 397. The first kappa shape index (κ1) is 11.9. The summed E-state index contributed by atoms with van der Waals surface area (Å²) in [6.45, 7) is 5.11. The van der Waals surface area contributed by atoms with Gasteiger partial charge in [0.1, 0.15) is 0 Å². The Kier molecular flexibility index (Phi) is 3.07. The summed E-state index contributed by atoms with van der Waals surface area (Å²) in [5.41, 5.74) is 6.72. The van der Waals surface area contributed by atoms with Gasteiger partial charge in [-0.2, -0.15) is 0 Å². The molecule has 1 aromatic rings. The van der Waals surface area contributed by atoms with Crippen LogP contribution in [0.25, 0.3) is 0 Å². The van der Waals surface area contributed by atoms with E-state index in [1.54, 1.807) is 4.90 Å². The van der Waals surface area contributed by atoms with E-state index in [9.17, 15) is 4.79 Å². The number of nitrogens with zero attached hydrogens (tertiary/aromatic N) is 1. The standard InChI is InChI=1S/C13H19N3O/c1-13(2,14)9-16-8-11(15-12(16)17)10-6-4-3-5-7-10/h3-7,11H,8-9,14H2,1-2H3,(H,15,17). The van der Waals surface area contributed by atoms with Crippen LogP contribution in [0.1, 0.15) is 25.5 Å². The Morgan fingerprint density at radius 1 is 1.41 bits per heavy atom. The van der Waals surface area contributed by atoms with E-state index in [0.717, 1.165) is 5.56 Å². The molecule has 0 radical (unpaired) electrons. The first-order valence-electron chi connectivity index (χ1n) is 5.85. The Hall–Kier alpha value is -1.55. The molecule has 1 fully saturated rings. The average molecular weight is 233 g/mol.